The van der Waals surface area contributed by atoms with E-state index in [4.69, 9.17) is 4.74 Å². The second-order valence-electron chi connectivity index (χ2n) is 6.64. The van der Waals surface area contributed by atoms with E-state index in [1.807, 2.05) is 0 Å². The molecule has 1 aromatic rings. The van der Waals surface area contributed by atoms with Crippen LogP contribution in [0.1, 0.15) is 39.2 Å². The number of carbonyl (C=O) groups is 1. The van der Waals surface area contributed by atoms with Crippen molar-refractivity contribution in [2.24, 2.45) is 0 Å². The van der Waals surface area contributed by atoms with Gasteiger partial charge in [-0.05, 0) is 51.8 Å². The number of ether oxygens (including phenoxy) is 2. The molecule has 2 rings (SSSR count). The zero-order valence-corrected chi connectivity index (χ0v) is 15.2. The van der Waals surface area contributed by atoms with E-state index < -0.39 is 18.1 Å². The van der Waals surface area contributed by atoms with E-state index >= 15 is 0 Å². The first-order valence-corrected chi connectivity index (χ1v) is 8.28. The monoisotopic (exact) mass is 409 g/mol. The summed E-state index contributed by atoms with van der Waals surface area (Å²) in [6.45, 7) is 5.22. The Balaban J connectivity index is 2.23. The number of carbonyl (C=O) groups excluding carboxylic acids is 1. The molecule has 0 heterocycles. The Morgan fingerprint density at radius 3 is 2.42 bits per heavy atom. The van der Waals surface area contributed by atoms with Gasteiger partial charge in [0.15, 0.2) is 0 Å². The van der Waals surface area contributed by atoms with Crippen molar-refractivity contribution in [1.29, 1.82) is 0 Å². The second kappa shape index (κ2) is 6.82. The van der Waals surface area contributed by atoms with Gasteiger partial charge in [-0.2, -0.15) is 0 Å². The first-order valence-electron chi connectivity index (χ1n) is 7.48. The van der Waals surface area contributed by atoms with Crippen LogP contribution in [-0.2, 0) is 11.3 Å². The highest BCUT2D eigenvalue weighted by atomic mass is 79.9. The van der Waals surface area contributed by atoms with Gasteiger partial charge in [-0.25, -0.2) is 4.79 Å². The molecule has 0 radical (unpaired) electrons. The molecule has 0 aliphatic heterocycles. The zero-order chi connectivity index (χ0) is 18.1. The van der Waals surface area contributed by atoms with Crippen LogP contribution in [-0.4, -0.2) is 29.0 Å². The minimum Gasteiger partial charge on any atom is -0.444 e. The molecule has 0 aromatic heterocycles. The third kappa shape index (κ3) is 5.89. The Kier molecular flexibility index (Phi) is 5.37. The number of benzene rings is 1. The quantitative estimate of drug-likeness (QED) is 0.681. The Labute approximate surface area is 147 Å². The van der Waals surface area contributed by atoms with Crippen LogP contribution in [0.5, 0.6) is 5.75 Å². The molecule has 8 heteroatoms. The molecule has 0 saturated heterocycles. The van der Waals surface area contributed by atoms with Gasteiger partial charge in [0.05, 0.1) is 6.54 Å². The number of nitrogens with zero attached hydrogens (tertiary/aromatic N) is 1. The van der Waals surface area contributed by atoms with Crippen LogP contribution in [0.2, 0.25) is 0 Å². The summed E-state index contributed by atoms with van der Waals surface area (Å²) in [4.78, 5) is 13.8. The molecule has 0 spiro atoms. The van der Waals surface area contributed by atoms with Crippen molar-refractivity contribution in [2.75, 3.05) is 0 Å². The molecule has 0 N–H and O–H groups in total. The molecular formula is C16H19BrF3NO3. The number of alkyl halides is 3. The fourth-order valence-corrected chi connectivity index (χ4v) is 2.54. The molecular weight excluding hydrogens is 391 g/mol. The maximum Gasteiger partial charge on any atom is 0.573 e. The van der Waals surface area contributed by atoms with E-state index in [1.165, 1.54) is 23.1 Å². The van der Waals surface area contributed by atoms with Gasteiger partial charge in [-0.3, -0.25) is 0 Å². The number of amides is 1. The maximum absolute atomic E-state index is 12.6. The van der Waals surface area contributed by atoms with E-state index in [1.54, 1.807) is 20.8 Å². The highest BCUT2D eigenvalue weighted by Gasteiger charge is 2.37. The average Bonchev–Trinajstić information content (AvgIpc) is 3.19. The molecule has 1 saturated carbocycles. The van der Waals surface area contributed by atoms with Crippen molar-refractivity contribution in [2.45, 2.75) is 58.2 Å². The molecule has 1 aliphatic carbocycles. The largest absolute Gasteiger partial charge is 0.573 e. The van der Waals surface area contributed by atoms with Crippen molar-refractivity contribution < 1.29 is 27.4 Å². The van der Waals surface area contributed by atoms with E-state index in [0.29, 0.717) is 4.47 Å². The van der Waals surface area contributed by atoms with Gasteiger partial charge >= 0.3 is 12.5 Å². The molecule has 1 aromatic carbocycles. The van der Waals surface area contributed by atoms with Gasteiger partial charge in [0.25, 0.3) is 0 Å². The summed E-state index contributed by atoms with van der Waals surface area (Å²) in [5, 5.41) is 0. The lowest BCUT2D eigenvalue weighted by atomic mass is 10.2. The summed E-state index contributed by atoms with van der Waals surface area (Å²) in [5.41, 5.74) is -0.410. The van der Waals surface area contributed by atoms with Crippen molar-refractivity contribution in [1.82, 2.24) is 4.90 Å². The molecule has 134 valence electrons. The van der Waals surface area contributed by atoms with Gasteiger partial charge < -0.3 is 14.4 Å². The van der Waals surface area contributed by atoms with E-state index in [0.717, 1.165) is 12.8 Å². The van der Waals surface area contributed by atoms with Gasteiger partial charge in [0, 0.05) is 16.1 Å². The number of hydrogen-bond acceptors (Lipinski definition) is 3. The predicted octanol–water partition coefficient (Wildman–Crippen LogP) is 5.25. The van der Waals surface area contributed by atoms with E-state index in [9.17, 15) is 18.0 Å². The summed E-state index contributed by atoms with van der Waals surface area (Å²) in [6, 6.07) is 4.19. The Hall–Kier alpha value is -1.44. The number of rotatable bonds is 4. The maximum atomic E-state index is 12.6. The first kappa shape index (κ1) is 18.9. The molecule has 1 amide bonds. The lowest BCUT2D eigenvalue weighted by Gasteiger charge is -2.28. The lowest BCUT2D eigenvalue weighted by Crippen LogP contribution is -2.38. The second-order valence-corrected chi connectivity index (χ2v) is 7.55. The van der Waals surface area contributed by atoms with Gasteiger partial charge in [0.1, 0.15) is 11.4 Å². The Morgan fingerprint density at radius 2 is 1.92 bits per heavy atom. The summed E-state index contributed by atoms with van der Waals surface area (Å²) < 4.78 is 47.7. The highest BCUT2D eigenvalue weighted by Crippen LogP contribution is 2.34. The number of hydrogen-bond donors (Lipinski definition) is 0. The molecule has 0 unspecified atom stereocenters. The zero-order valence-electron chi connectivity index (χ0n) is 13.6. The minimum atomic E-state index is -4.79. The Morgan fingerprint density at radius 1 is 1.29 bits per heavy atom. The summed E-state index contributed by atoms with van der Waals surface area (Å²) >= 11 is 3.23. The third-order valence-electron chi connectivity index (χ3n) is 3.20. The predicted molar refractivity (Wildman–Crippen MR) is 85.6 cm³/mol. The molecule has 1 fully saturated rings. The highest BCUT2D eigenvalue weighted by molar-refractivity contribution is 9.10. The standard InChI is InChI=1S/C16H19BrF3NO3/c1-15(2,3)24-14(22)21(12-5-6-12)9-10-8-11(17)4-7-13(10)23-16(18,19)20/h4,7-8,12H,5-6,9H2,1-3H3. The molecule has 4 nitrogen and oxygen atoms in total. The van der Waals surface area contributed by atoms with Crippen LogP contribution in [0.15, 0.2) is 22.7 Å². The molecule has 1 aliphatic rings. The number of halogens is 4. The van der Waals surface area contributed by atoms with Crippen molar-refractivity contribution >= 4 is 22.0 Å². The smallest absolute Gasteiger partial charge is 0.444 e. The SMILES string of the molecule is CC(C)(C)OC(=O)N(Cc1cc(Br)ccc1OC(F)(F)F)C1CC1. The lowest BCUT2D eigenvalue weighted by molar-refractivity contribution is -0.275. The summed E-state index contributed by atoms with van der Waals surface area (Å²) in [6.07, 6.45) is -3.72. The van der Waals surface area contributed by atoms with Gasteiger partial charge in [0.2, 0.25) is 0 Å². The minimum absolute atomic E-state index is 0.00949. The van der Waals surface area contributed by atoms with E-state index in [2.05, 4.69) is 20.7 Å². The van der Waals surface area contributed by atoms with Crippen LogP contribution in [0.25, 0.3) is 0 Å². The van der Waals surface area contributed by atoms with Gasteiger partial charge in [-0.15, -0.1) is 13.2 Å². The summed E-state index contributed by atoms with van der Waals surface area (Å²) in [5.74, 6) is -0.320. The fraction of sp³-hybridized carbons (Fsp3) is 0.562. The van der Waals surface area contributed by atoms with Crippen LogP contribution in [0.3, 0.4) is 0 Å². The molecule has 24 heavy (non-hydrogen) atoms. The third-order valence-corrected chi connectivity index (χ3v) is 3.70. The van der Waals surface area contributed by atoms with Crippen molar-refractivity contribution in [3.8, 4) is 5.75 Å². The topological polar surface area (TPSA) is 38.8 Å². The Bertz CT molecular complexity index is 610. The molecule has 0 atom stereocenters. The van der Waals surface area contributed by atoms with Crippen LogP contribution >= 0.6 is 15.9 Å². The van der Waals surface area contributed by atoms with Crippen LogP contribution in [0.4, 0.5) is 18.0 Å². The van der Waals surface area contributed by atoms with Crippen molar-refractivity contribution in [3.05, 3.63) is 28.2 Å². The van der Waals surface area contributed by atoms with E-state index in [-0.39, 0.29) is 23.9 Å². The van der Waals surface area contributed by atoms with Gasteiger partial charge in [-0.1, -0.05) is 15.9 Å². The summed E-state index contributed by atoms with van der Waals surface area (Å²) in [7, 11) is 0. The van der Waals surface area contributed by atoms with Crippen molar-refractivity contribution in [3.63, 3.8) is 0 Å². The fourth-order valence-electron chi connectivity index (χ4n) is 2.13. The van der Waals surface area contributed by atoms with Crippen LogP contribution in [0, 0.1) is 0 Å². The normalized spacial score (nSPS) is 15.1. The van der Waals surface area contributed by atoms with Crippen LogP contribution < -0.4 is 4.74 Å². The molecule has 0 bridgehead atoms. The first-order chi connectivity index (χ1) is 10.9. The average molecular weight is 410 g/mol.